The Balaban J connectivity index is 1.54. The van der Waals surface area contributed by atoms with Crippen molar-refractivity contribution in [3.05, 3.63) is 65.6 Å². The van der Waals surface area contributed by atoms with E-state index in [1.165, 1.54) is 6.39 Å². The average Bonchev–Trinajstić information content (AvgIpc) is 3.24. The van der Waals surface area contributed by atoms with E-state index in [9.17, 15) is 4.79 Å². The summed E-state index contributed by atoms with van der Waals surface area (Å²) in [5.41, 5.74) is 2.25. The number of oxazole rings is 1. The maximum absolute atomic E-state index is 12.5. The van der Waals surface area contributed by atoms with Crippen molar-refractivity contribution in [1.29, 1.82) is 0 Å². The third-order valence-corrected chi connectivity index (χ3v) is 4.26. The van der Waals surface area contributed by atoms with Crippen molar-refractivity contribution in [2.45, 2.75) is 5.92 Å². The molecular formula is C18H13ClN2O3. The predicted molar refractivity (Wildman–Crippen MR) is 90.3 cm³/mol. The SMILES string of the molecule is O=C(Nc1ccc(-c2cnco2)c(Cl)c1)C1COc2ccccc21. The van der Waals surface area contributed by atoms with Crippen LogP contribution in [0.4, 0.5) is 5.69 Å². The average molecular weight is 341 g/mol. The molecule has 120 valence electrons. The molecule has 0 bridgehead atoms. The third kappa shape index (κ3) is 2.63. The van der Waals surface area contributed by atoms with Crippen molar-refractivity contribution < 1.29 is 13.9 Å². The maximum atomic E-state index is 12.5. The first kappa shape index (κ1) is 14.8. The summed E-state index contributed by atoms with van der Waals surface area (Å²) in [7, 11) is 0. The number of fused-ring (bicyclic) bond motifs is 1. The van der Waals surface area contributed by atoms with Crippen LogP contribution in [0.3, 0.4) is 0 Å². The van der Waals surface area contributed by atoms with E-state index in [4.69, 9.17) is 20.8 Å². The molecule has 1 aromatic heterocycles. The molecule has 1 aliphatic rings. The zero-order valence-electron chi connectivity index (χ0n) is 12.5. The number of para-hydroxylation sites is 1. The fourth-order valence-corrected chi connectivity index (χ4v) is 3.02. The van der Waals surface area contributed by atoms with Gasteiger partial charge >= 0.3 is 0 Å². The molecule has 1 atom stereocenters. The Morgan fingerprint density at radius 3 is 2.92 bits per heavy atom. The second-order valence-electron chi connectivity index (χ2n) is 5.45. The summed E-state index contributed by atoms with van der Waals surface area (Å²) in [5.74, 6) is 0.893. The molecule has 24 heavy (non-hydrogen) atoms. The van der Waals surface area contributed by atoms with E-state index >= 15 is 0 Å². The monoisotopic (exact) mass is 340 g/mol. The number of ether oxygens (including phenoxy) is 1. The van der Waals surface area contributed by atoms with Crippen molar-refractivity contribution in [1.82, 2.24) is 4.98 Å². The van der Waals surface area contributed by atoms with Gasteiger partial charge < -0.3 is 14.5 Å². The molecule has 0 aliphatic carbocycles. The molecular weight excluding hydrogens is 328 g/mol. The number of benzene rings is 2. The van der Waals surface area contributed by atoms with E-state index < -0.39 is 0 Å². The van der Waals surface area contributed by atoms with Crippen LogP contribution in [0.2, 0.25) is 5.02 Å². The largest absolute Gasteiger partial charge is 0.492 e. The molecule has 1 aliphatic heterocycles. The lowest BCUT2D eigenvalue weighted by atomic mass is 10.0. The number of nitrogens with one attached hydrogen (secondary N) is 1. The Labute approximate surface area is 143 Å². The molecule has 0 spiro atoms. The highest BCUT2D eigenvalue weighted by molar-refractivity contribution is 6.33. The quantitative estimate of drug-likeness (QED) is 0.779. The van der Waals surface area contributed by atoms with Crippen molar-refractivity contribution in [2.75, 3.05) is 11.9 Å². The summed E-state index contributed by atoms with van der Waals surface area (Å²) in [6.45, 7) is 0.342. The van der Waals surface area contributed by atoms with Gasteiger partial charge in [0.25, 0.3) is 0 Å². The van der Waals surface area contributed by atoms with Gasteiger partial charge in [-0.2, -0.15) is 0 Å². The molecule has 4 rings (SSSR count). The van der Waals surface area contributed by atoms with Gasteiger partial charge in [-0.25, -0.2) is 4.98 Å². The maximum Gasteiger partial charge on any atom is 0.235 e. The van der Waals surface area contributed by atoms with Gasteiger partial charge in [-0.15, -0.1) is 0 Å². The molecule has 2 heterocycles. The van der Waals surface area contributed by atoms with Crippen LogP contribution in [-0.2, 0) is 4.79 Å². The number of hydrogen-bond donors (Lipinski definition) is 1. The van der Waals surface area contributed by atoms with Crippen molar-refractivity contribution in [2.24, 2.45) is 0 Å². The van der Waals surface area contributed by atoms with Crippen LogP contribution in [0.15, 0.2) is 59.5 Å². The topological polar surface area (TPSA) is 64.4 Å². The number of carbonyl (C=O) groups is 1. The molecule has 1 amide bonds. The molecule has 0 radical (unpaired) electrons. The van der Waals surface area contributed by atoms with E-state index in [0.29, 0.717) is 23.1 Å². The molecule has 5 nitrogen and oxygen atoms in total. The van der Waals surface area contributed by atoms with Gasteiger partial charge in [-0.1, -0.05) is 29.8 Å². The van der Waals surface area contributed by atoms with Gasteiger partial charge in [0, 0.05) is 16.8 Å². The molecule has 0 fully saturated rings. The summed E-state index contributed by atoms with van der Waals surface area (Å²) in [6, 6.07) is 12.8. The minimum atomic E-state index is -0.325. The second-order valence-corrected chi connectivity index (χ2v) is 5.86. The zero-order valence-corrected chi connectivity index (χ0v) is 13.3. The van der Waals surface area contributed by atoms with Gasteiger partial charge in [0.2, 0.25) is 5.91 Å². The molecule has 1 unspecified atom stereocenters. The highest BCUT2D eigenvalue weighted by Gasteiger charge is 2.30. The number of halogens is 1. The van der Waals surface area contributed by atoms with Gasteiger partial charge in [0.05, 0.1) is 11.2 Å². The number of amides is 1. The van der Waals surface area contributed by atoms with Crippen LogP contribution < -0.4 is 10.1 Å². The van der Waals surface area contributed by atoms with Gasteiger partial charge in [0.15, 0.2) is 12.2 Å². The highest BCUT2D eigenvalue weighted by Crippen LogP contribution is 2.35. The molecule has 1 N–H and O–H groups in total. The molecule has 2 aromatic carbocycles. The van der Waals surface area contributed by atoms with E-state index in [1.807, 2.05) is 24.3 Å². The van der Waals surface area contributed by atoms with Gasteiger partial charge in [-0.05, 0) is 24.3 Å². The first-order chi connectivity index (χ1) is 11.7. The summed E-state index contributed by atoms with van der Waals surface area (Å²) < 4.78 is 10.8. The minimum Gasteiger partial charge on any atom is -0.492 e. The minimum absolute atomic E-state index is 0.122. The number of hydrogen-bond acceptors (Lipinski definition) is 4. The third-order valence-electron chi connectivity index (χ3n) is 3.95. The second kappa shape index (κ2) is 6.02. The first-order valence-corrected chi connectivity index (χ1v) is 7.81. The lowest BCUT2D eigenvalue weighted by Gasteiger charge is -2.11. The number of anilines is 1. The predicted octanol–water partition coefficient (Wildman–Crippen LogP) is 4.11. The number of carbonyl (C=O) groups excluding carboxylic acids is 1. The van der Waals surface area contributed by atoms with Crippen molar-refractivity contribution in [3.63, 3.8) is 0 Å². The Bertz CT molecular complexity index is 893. The molecule has 0 saturated heterocycles. The van der Waals surface area contributed by atoms with E-state index in [1.54, 1.807) is 24.4 Å². The highest BCUT2D eigenvalue weighted by atomic mass is 35.5. The van der Waals surface area contributed by atoms with Crippen LogP contribution >= 0.6 is 11.6 Å². The van der Waals surface area contributed by atoms with E-state index in [-0.39, 0.29) is 11.8 Å². The normalized spacial score (nSPS) is 15.6. The number of nitrogens with zero attached hydrogens (tertiary/aromatic N) is 1. The van der Waals surface area contributed by atoms with Crippen LogP contribution in [0, 0.1) is 0 Å². The summed E-state index contributed by atoms with van der Waals surface area (Å²) in [5, 5.41) is 3.37. The molecule has 6 heteroatoms. The molecule has 3 aromatic rings. The Hall–Kier alpha value is -2.79. The van der Waals surface area contributed by atoms with Crippen LogP contribution in [0.1, 0.15) is 11.5 Å². The van der Waals surface area contributed by atoms with Gasteiger partial charge in [-0.3, -0.25) is 4.79 Å². The zero-order chi connectivity index (χ0) is 16.5. The molecule has 0 saturated carbocycles. The summed E-state index contributed by atoms with van der Waals surface area (Å²) in [6.07, 6.45) is 2.94. The lowest BCUT2D eigenvalue weighted by molar-refractivity contribution is -0.117. The Kier molecular flexibility index (Phi) is 3.70. The fraction of sp³-hybridized carbons (Fsp3) is 0.111. The van der Waals surface area contributed by atoms with Crippen LogP contribution in [0.5, 0.6) is 5.75 Å². The van der Waals surface area contributed by atoms with Crippen LogP contribution in [-0.4, -0.2) is 17.5 Å². The van der Waals surface area contributed by atoms with Crippen molar-refractivity contribution in [3.8, 4) is 17.1 Å². The van der Waals surface area contributed by atoms with E-state index in [2.05, 4.69) is 10.3 Å². The Morgan fingerprint density at radius 1 is 1.25 bits per heavy atom. The van der Waals surface area contributed by atoms with E-state index in [0.717, 1.165) is 16.9 Å². The first-order valence-electron chi connectivity index (χ1n) is 7.43. The Morgan fingerprint density at radius 2 is 2.12 bits per heavy atom. The summed E-state index contributed by atoms with van der Waals surface area (Å²) in [4.78, 5) is 16.4. The fourth-order valence-electron chi connectivity index (χ4n) is 2.75. The lowest BCUT2D eigenvalue weighted by Crippen LogP contribution is -2.22. The van der Waals surface area contributed by atoms with Crippen molar-refractivity contribution >= 4 is 23.2 Å². The summed E-state index contributed by atoms with van der Waals surface area (Å²) >= 11 is 6.28. The van der Waals surface area contributed by atoms with Crippen LogP contribution in [0.25, 0.3) is 11.3 Å². The standard InChI is InChI=1S/C18H13ClN2O3/c19-15-7-11(5-6-13(15)17-8-20-10-24-17)21-18(22)14-9-23-16-4-2-1-3-12(14)16/h1-8,10,14H,9H2,(H,21,22). The number of aromatic nitrogens is 1. The van der Waals surface area contributed by atoms with Gasteiger partial charge in [0.1, 0.15) is 18.3 Å². The smallest absolute Gasteiger partial charge is 0.235 e. The number of rotatable bonds is 3.